The third kappa shape index (κ3) is 3.92. The molecule has 0 rings (SSSR count). The number of rotatable bonds is 2. The fourth-order valence-electron chi connectivity index (χ4n) is 0.0913. The fourth-order valence-corrected chi connectivity index (χ4v) is 0.0913. The van der Waals surface area contributed by atoms with Crippen LogP contribution in [0.15, 0.2) is 0 Å². The lowest BCUT2D eigenvalue weighted by Gasteiger charge is -1.80. The van der Waals surface area contributed by atoms with Crippen LogP contribution in [0.4, 0.5) is 0 Å². The molecule has 0 heterocycles. The van der Waals surface area contributed by atoms with Gasteiger partial charge >= 0.3 is 0 Å². The zero-order chi connectivity index (χ0) is 4.12. The molecular weight excluding hydrogens is 70.0 g/mol. The van der Waals surface area contributed by atoms with Gasteiger partial charge in [-0.15, -0.1) is 0 Å². The molecule has 0 bridgehead atoms. The predicted molar refractivity (Wildman–Crippen MR) is 20.8 cm³/mol. The van der Waals surface area contributed by atoms with E-state index < -0.39 is 0 Å². The molecule has 3 N–H and O–H groups in total. The van der Waals surface area contributed by atoms with Crippen molar-refractivity contribution in [3.05, 3.63) is 0 Å². The summed E-state index contributed by atoms with van der Waals surface area (Å²) in [7, 11) is 0. The minimum absolute atomic E-state index is 0.219. The highest BCUT2D eigenvalue weighted by molar-refractivity contribution is 4.28. The molecule has 2 nitrogen and oxygen atoms in total. The molecule has 0 aromatic carbocycles. The lowest BCUT2D eigenvalue weighted by atomic mass is 11.5. The van der Waals surface area contributed by atoms with Crippen molar-refractivity contribution < 1.29 is 5.11 Å². The molecule has 0 aromatic heterocycles. The predicted octanol–water partition coefficient (Wildman–Crippen LogP) is -0.672. The van der Waals surface area contributed by atoms with E-state index >= 15 is 0 Å². The van der Waals surface area contributed by atoms with Gasteiger partial charge in [0.25, 0.3) is 0 Å². The number of hydrogen-bond acceptors (Lipinski definition) is 2. The number of aliphatic hydroxyl groups excluding tert-OH is 1. The molecule has 0 atom stereocenters. The maximum absolute atomic E-state index is 7.99. The van der Waals surface area contributed by atoms with Crippen LogP contribution in [0.2, 0.25) is 0 Å². The van der Waals surface area contributed by atoms with Gasteiger partial charge in [-0.25, -0.2) is 0 Å². The quantitative estimate of drug-likeness (QED) is 0.340. The Kier molecular flexibility index (Phi) is 3.86. The van der Waals surface area contributed by atoms with E-state index in [1.807, 2.05) is 0 Å². The largest absolute Gasteiger partial charge is 0.396 e. The minimum Gasteiger partial charge on any atom is -0.396 e. The van der Waals surface area contributed by atoms with Crippen molar-refractivity contribution in [1.29, 1.82) is 0 Å². The van der Waals surface area contributed by atoms with Crippen LogP contribution in [-0.2, 0) is 0 Å². The second-order valence-electron chi connectivity index (χ2n) is 0.866. The molecule has 0 amide bonds. The van der Waals surface area contributed by atoms with Crippen molar-refractivity contribution >= 4 is 0 Å². The summed E-state index contributed by atoms with van der Waals surface area (Å²) < 4.78 is 0. The molecule has 32 valence electrons. The average Bonchev–Trinajstić information content (AvgIpc) is 1.41. The summed E-state index contributed by atoms with van der Waals surface area (Å²) in [5.41, 5.74) is 4.98. The summed E-state index contributed by atoms with van der Waals surface area (Å²) in [6.07, 6.45) is 0.722. The van der Waals surface area contributed by atoms with Gasteiger partial charge in [-0.1, -0.05) is 0 Å². The number of hydrogen-bond donors (Lipinski definition) is 2. The molecule has 0 unspecified atom stereocenters. The van der Waals surface area contributed by atoms with Crippen molar-refractivity contribution in [2.75, 3.05) is 13.2 Å². The molecule has 0 radical (unpaired) electrons. The van der Waals surface area contributed by atoms with Gasteiger partial charge in [0, 0.05) is 6.61 Å². The highest BCUT2D eigenvalue weighted by Gasteiger charge is 1.69. The standard InChI is InChI=1S/C3H9NO/c4-2-1-3-5/h5H,1-4H2/i1+1,2+1,3+1,4+1. The molecule has 0 spiro atoms. The average molecular weight is 79.1 g/mol. The second kappa shape index (κ2) is 3.92. The molecule has 5 heavy (non-hydrogen) atoms. The molecule has 2 heteroatoms. The van der Waals surface area contributed by atoms with E-state index in [0.29, 0.717) is 6.54 Å². The van der Waals surface area contributed by atoms with Crippen molar-refractivity contribution in [3.63, 3.8) is 0 Å². The molecule has 0 saturated carbocycles. The van der Waals surface area contributed by atoms with E-state index in [-0.39, 0.29) is 6.61 Å². The topological polar surface area (TPSA) is 46.2 Å². The van der Waals surface area contributed by atoms with Crippen LogP contribution >= 0.6 is 0 Å². The third-order valence-corrected chi connectivity index (χ3v) is 0.362. The van der Waals surface area contributed by atoms with Crippen LogP contribution in [-0.4, -0.2) is 18.3 Å². The molecule has 0 aliphatic rings. The maximum atomic E-state index is 7.99. The Bertz CT molecular complexity index is 14.4. The van der Waals surface area contributed by atoms with Crippen LogP contribution < -0.4 is 5.73 Å². The van der Waals surface area contributed by atoms with Crippen LogP contribution in [0.25, 0.3) is 0 Å². The van der Waals surface area contributed by atoms with Gasteiger partial charge in [-0.3, -0.25) is 0 Å². The van der Waals surface area contributed by atoms with E-state index in [2.05, 4.69) is 0 Å². The van der Waals surface area contributed by atoms with Gasteiger partial charge in [0.2, 0.25) is 0 Å². The van der Waals surface area contributed by atoms with E-state index in [0.717, 1.165) is 6.42 Å². The highest BCUT2D eigenvalue weighted by Crippen LogP contribution is 1.62. The normalized spacial score (nSPS) is 8.40. The highest BCUT2D eigenvalue weighted by atomic mass is 16.3. The SMILES string of the molecule is [15NH2][13CH2][13CH2][13CH2]O. The summed E-state index contributed by atoms with van der Waals surface area (Å²) in [6, 6.07) is 0. The van der Waals surface area contributed by atoms with Gasteiger partial charge in [0.15, 0.2) is 0 Å². The summed E-state index contributed by atoms with van der Waals surface area (Å²) in [6.45, 7) is 0.812. The Morgan fingerprint density at radius 3 is 2.20 bits per heavy atom. The van der Waals surface area contributed by atoms with Crippen molar-refractivity contribution in [1.82, 2.24) is 0 Å². The molecule has 0 aliphatic heterocycles. The Labute approximate surface area is 31.6 Å². The maximum Gasteiger partial charge on any atom is 0.0443 e. The zero-order valence-corrected chi connectivity index (χ0v) is 3.15. The first-order chi connectivity index (χ1) is 2.41. The zero-order valence-electron chi connectivity index (χ0n) is 3.15. The molecule has 0 saturated heterocycles. The van der Waals surface area contributed by atoms with E-state index in [1.54, 1.807) is 0 Å². The Balaban J connectivity index is 2.19. The van der Waals surface area contributed by atoms with Gasteiger partial charge in [0.1, 0.15) is 0 Å². The molecule has 0 aromatic rings. The Morgan fingerprint density at radius 1 is 1.60 bits per heavy atom. The second-order valence-corrected chi connectivity index (χ2v) is 0.866. The van der Waals surface area contributed by atoms with Crippen molar-refractivity contribution in [2.24, 2.45) is 5.73 Å². The van der Waals surface area contributed by atoms with Crippen LogP contribution in [0, 0.1) is 0 Å². The summed E-state index contributed by atoms with van der Waals surface area (Å²) in [5.74, 6) is 0. The van der Waals surface area contributed by atoms with Gasteiger partial charge in [-0.05, 0) is 13.0 Å². The first-order valence-corrected chi connectivity index (χ1v) is 1.72. The smallest absolute Gasteiger partial charge is 0.0443 e. The summed E-state index contributed by atoms with van der Waals surface area (Å²) >= 11 is 0. The molecular formula is C3H9NO. The van der Waals surface area contributed by atoms with Gasteiger partial charge in [0.05, 0.1) is 0 Å². The Hall–Kier alpha value is -0.0800. The van der Waals surface area contributed by atoms with E-state index in [1.165, 1.54) is 0 Å². The van der Waals surface area contributed by atoms with Crippen molar-refractivity contribution in [2.45, 2.75) is 6.42 Å². The van der Waals surface area contributed by atoms with Gasteiger partial charge < -0.3 is 10.8 Å². The lowest BCUT2D eigenvalue weighted by Crippen LogP contribution is -1.99. The van der Waals surface area contributed by atoms with E-state index in [4.69, 9.17) is 10.8 Å². The fraction of sp³-hybridized carbons (Fsp3) is 1.00. The lowest BCUT2D eigenvalue weighted by molar-refractivity contribution is 0.291. The number of aliphatic hydroxyl groups is 1. The Morgan fingerprint density at radius 2 is 2.20 bits per heavy atom. The first-order valence-electron chi connectivity index (χ1n) is 1.72. The van der Waals surface area contributed by atoms with Crippen LogP contribution in [0.5, 0.6) is 0 Å². The first kappa shape index (κ1) is 4.92. The third-order valence-electron chi connectivity index (χ3n) is 0.362. The van der Waals surface area contributed by atoms with E-state index in [9.17, 15) is 0 Å². The summed E-state index contributed by atoms with van der Waals surface area (Å²) in [5, 5.41) is 7.99. The van der Waals surface area contributed by atoms with Crippen molar-refractivity contribution in [3.8, 4) is 0 Å². The van der Waals surface area contributed by atoms with Crippen LogP contribution in [0.1, 0.15) is 6.42 Å². The molecule has 0 aliphatic carbocycles. The molecule has 0 fully saturated rings. The van der Waals surface area contributed by atoms with Crippen LogP contribution in [0.3, 0.4) is 0 Å². The number of nitrogens with two attached hydrogens (primary N) is 1. The summed E-state index contributed by atoms with van der Waals surface area (Å²) in [4.78, 5) is 0. The van der Waals surface area contributed by atoms with Gasteiger partial charge in [-0.2, -0.15) is 0 Å². The minimum atomic E-state index is 0.219. The monoisotopic (exact) mass is 79.1 g/mol.